The Kier molecular flexibility index (Phi) is 5.70. The second-order valence-corrected chi connectivity index (χ2v) is 5.16. The summed E-state index contributed by atoms with van der Waals surface area (Å²) >= 11 is 0. The highest BCUT2D eigenvalue weighted by atomic mass is 16.2. The summed E-state index contributed by atoms with van der Waals surface area (Å²) in [6.07, 6.45) is 0.341. The Hall–Kier alpha value is -1.88. The van der Waals surface area contributed by atoms with Gasteiger partial charge in [-0.1, -0.05) is 19.1 Å². The number of likely N-dealkylation sites (N-methyl/N-ethyl adjacent to an activating group) is 2. The van der Waals surface area contributed by atoms with Crippen LogP contribution in [0.5, 0.6) is 0 Å². The monoisotopic (exact) mass is 277 g/mol. The maximum Gasteiger partial charge on any atom is 0.244 e. The van der Waals surface area contributed by atoms with Crippen molar-refractivity contribution in [3.8, 4) is 0 Å². The number of nitrogens with one attached hydrogen (secondary N) is 3. The maximum atomic E-state index is 12.1. The molecule has 0 fully saturated rings. The smallest absolute Gasteiger partial charge is 0.244 e. The van der Waals surface area contributed by atoms with Crippen molar-refractivity contribution in [2.75, 3.05) is 18.9 Å². The molecule has 0 aromatic heterocycles. The molecule has 110 valence electrons. The molecule has 0 bridgehead atoms. The van der Waals surface area contributed by atoms with Crippen LogP contribution in [0.15, 0.2) is 24.3 Å². The lowest BCUT2D eigenvalue weighted by atomic mass is 10.0. The fourth-order valence-corrected chi connectivity index (χ4v) is 1.79. The first-order valence-corrected chi connectivity index (χ1v) is 6.75. The lowest BCUT2D eigenvalue weighted by Gasteiger charge is -2.24. The summed E-state index contributed by atoms with van der Waals surface area (Å²) in [5.41, 5.74) is 1.02. The van der Waals surface area contributed by atoms with E-state index in [1.807, 2.05) is 32.9 Å². The summed E-state index contributed by atoms with van der Waals surface area (Å²) in [6, 6.07) is 7.28. The van der Waals surface area contributed by atoms with Crippen LogP contribution in [0.25, 0.3) is 0 Å². The summed E-state index contributed by atoms with van der Waals surface area (Å²) in [5, 5.41) is 8.56. The minimum atomic E-state index is -0.616. The highest BCUT2D eigenvalue weighted by Gasteiger charge is 2.25. The van der Waals surface area contributed by atoms with Gasteiger partial charge < -0.3 is 16.0 Å². The number of carbonyl (C=O) groups excluding carboxylic acids is 2. The van der Waals surface area contributed by atoms with Crippen molar-refractivity contribution < 1.29 is 9.59 Å². The van der Waals surface area contributed by atoms with E-state index >= 15 is 0 Å². The Morgan fingerprint density at radius 2 is 1.75 bits per heavy atom. The molecule has 1 aromatic carbocycles. The molecule has 0 spiro atoms. The Labute approximate surface area is 120 Å². The molecule has 1 aromatic rings. The van der Waals surface area contributed by atoms with Crippen LogP contribution in [0.3, 0.4) is 0 Å². The van der Waals surface area contributed by atoms with Gasteiger partial charge in [-0.05, 0) is 38.1 Å². The minimum Gasteiger partial charge on any atom is -0.359 e. The Morgan fingerprint density at radius 1 is 1.15 bits per heavy atom. The highest BCUT2D eigenvalue weighted by Crippen LogP contribution is 2.13. The van der Waals surface area contributed by atoms with Crippen molar-refractivity contribution in [1.82, 2.24) is 10.6 Å². The van der Waals surface area contributed by atoms with Gasteiger partial charge in [0.1, 0.15) is 0 Å². The van der Waals surface area contributed by atoms with E-state index in [0.29, 0.717) is 6.42 Å². The molecule has 0 unspecified atom stereocenters. The molecule has 0 heterocycles. The van der Waals surface area contributed by atoms with E-state index < -0.39 is 5.54 Å². The van der Waals surface area contributed by atoms with E-state index in [2.05, 4.69) is 16.0 Å². The molecular formula is C15H23N3O2. The summed E-state index contributed by atoms with van der Waals surface area (Å²) in [5.74, 6) is -0.117. The lowest BCUT2D eigenvalue weighted by Crippen LogP contribution is -2.49. The predicted molar refractivity (Wildman–Crippen MR) is 80.6 cm³/mol. The van der Waals surface area contributed by atoms with Gasteiger partial charge in [-0.2, -0.15) is 0 Å². The third-order valence-corrected chi connectivity index (χ3v) is 3.04. The molecule has 5 nitrogen and oxygen atoms in total. The topological polar surface area (TPSA) is 70.2 Å². The molecule has 0 saturated carbocycles. The summed E-state index contributed by atoms with van der Waals surface area (Å²) < 4.78 is 0. The zero-order valence-corrected chi connectivity index (χ0v) is 12.5. The van der Waals surface area contributed by atoms with Crippen LogP contribution >= 0.6 is 0 Å². The molecule has 2 amide bonds. The first-order valence-electron chi connectivity index (χ1n) is 6.75. The molecule has 3 N–H and O–H groups in total. The number of hydrogen-bond acceptors (Lipinski definition) is 3. The number of rotatable bonds is 6. The Bertz CT molecular complexity index is 467. The SMILES string of the molecule is CCNC(C)(C)C(=O)Nc1ccc(CC(=O)NC)cc1. The molecule has 0 radical (unpaired) electrons. The lowest BCUT2D eigenvalue weighted by molar-refractivity contribution is -0.121. The van der Waals surface area contributed by atoms with Gasteiger partial charge >= 0.3 is 0 Å². The van der Waals surface area contributed by atoms with E-state index in [1.54, 1.807) is 19.2 Å². The Balaban J connectivity index is 2.66. The summed E-state index contributed by atoms with van der Waals surface area (Å²) in [7, 11) is 1.61. The zero-order valence-electron chi connectivity index (χ0n) is 12.5. The second-order valence-electron chi connectivity index (χ2n) is 5.16. The van der Waals surface area contributed by atoms with Crippen LogP contribution in [0.4, 0.5) is 5.69 Å². The van der Waals surface area contributed by atoms with Crippen LogP contribution < -0.4 is 16.0 Å². The second kappa shape index (κ2) is 7.05. The van der Waals surface area contributed by atoms with E-state index in [-0.39, 0.29) is 11.8 Å². The molecule has 0 atom stereocenters. The van der Waals surface area contributed by atoms with Gasteiger partial charge in [0.25, 0.3) is 0 Å². The fraction of sp³-hybridized carbons (Fsp3) is 0.467. The number of amides is 2. The van der Waals surface area contributed by atoms with Crippen LogP contribution in [0.2, 0.25) is 0 Å². The average Bonchev–Trinajstić information content (AvgIpc) is 2.40. The Morgan fingerprint density at radius 3 is 2.25 bits per heavy atom. The van der Waals surface area contributed by atoms with Gasteiger partial charge in [-0.15, -0.1) is 0 Å². The van der Waals surface area contributed by atoms with Crippen molar-refractivity contribution in [2.24, 2.45) is 0 Å². The minimum absolute atomic E-state index is 0.0323. The van der Waals surface area contributed by atoms with Crippen molar-refractivity contribution >= 4 is 17.5 Å². The van der Waals surface area contributed by atoms with Gasteiger partial charge in [0.05, 0.1) is 12.0 Å². The summed E-state index contributed by atoms with van der Waals surface area (Å²) in [6.45, 7) is 6.37. The highest BCUT2D eigenvalue weighted by molar-refractivity contribution is 5.97. The molecule has 0 aliphatic rings. The molecule has 0 aliphatic carbocycles. The first-order chi connectivity index (χ1) is 9.39. The quantitative estimate of drug-likeness (QED) is 0.734. The molecule has 1 rings (SSSR count). The van der Waals surface area contributed by atoms with Crippen molar-refractivity contribution in [1.29, 1.82) is 0 Å². The van der Waals surface area contributed by atoms with Crippen molar-refractivity contribution in [3.05, 3.63) is 29.8 Å². The van der Waals surface area contributed by atoms with Gasteiger partial charge in [-0.3, -0.25) is 9.59 Å². The van der Waals surface area contributed by atoms with E-state index in [9.17, 15) is 9.59 Å². The molecular weight excluding hydrogens is 254 g/mol. The number of carbonyl (C=O) groups is 2. The van der Waals surface area contributed by atoms with Gasteiger partial charge in [0.15, 0.2) is 0 Å². The standard InChI is InChI=1S/C15H23N3O2/c1-5-17-15(2,3)14(20)18-12-8-6-11(7-9-12)10-13(19)16-4/h6-9,17H,5,10H2,1-4H3,(H,16,19)(H,18,20). The van der Waals surface area contributed by atoms with Gasteiger partial charge in [-0.25, -0.2) is 0 Å². The molecule has 5 heteroatoms. The fourth-order valence-electron chi connectivity index (χ4n) is 1.79. The third kappa shape index (κ3) is 4.66. The van der Waals surface area contributed by atoms with E-state index in [0.717, 1.165) is 17.8 Å². The number of hydrogen-bond donors (Lipinski definition) is 3. The third-order valence-electron chi connectivity index (χ3n) is 3.04. The largest absolute Gasteiger partial charge is 0.359 e. The van der Waals surface area contributed by atoms with Gasteiger partial charge in [0.2, 0.25) is 11.8 Å². The number of anilines is 1. The van der Waals surface area contributed by atoms with Gasteiger partial charge in [0, 0.05) is 12.7 Å². The zero-order chi connectivity index (χ0) is 15.2. The number of benzene rings is 1. The van der Waals surface area contributed by atoms with Crippen LogP contribution in [-0.2, 0) is 16.0 Å². The predicted octanol–water partition coefficient (Wildman–Crippen LogP) is 1.30. The molecule has 0 aliphatic heterocycles. The maximum absolute atomic E-state index is 12.1. The average molecular weight is 277 g/mol. The van der Waals surface area contributed by atoms with Crippen LogP contribution in [0, 0.1) is 0 Å². The molecule has 20 heavy (non-hydrogen) atoms. The summed E-state index contributed by atoms with van der Waals surface area (Å²) in [4.78, 5) is 23.4. The van der Waals surface area contributed by atoms with E-state index in [4.69, 9.17) is 0 Å². The van der Waals surface area contributed by atoms with Crippen LogP contribution in [-0.4, -0.2) is 30.9 Å². The van der Waals surface area contributed by atoms with Crippen molar-refractivity contribution in [3.63, 3.8) is 0 Å². The normalized spacial score (nSPS) is 11.0. The van der Waals surface area contributed by atoms with E-state index in [1.165, 1.54) is 0 Å². The van der Waals surface area contributed by atoms with Crippen LogP contribution in [0.1, 0.15) is 26.3 Å². The van der Waals surface area contributed by atoms with Crippen molar-refractivity contribution in [2.45, 2.75) is 32.7 Å². The first kappa shape index (κ1) is 16.2. The molecule has 0 saturated heterocycles.